The van der Waals surface area contributed by atoms with Crippen LogP contribution in [0.1, 0.15) is 40.2 Å². The molecule has 1 aliphatic heterocycles. The van der Waals surface area contributed by atoms with Crippen molar-refractivity contribution in [3.05, 3.63) is 65.7 Å². The minimum atomic E-state index is -4.54. The summed E-state index contributed by atoms with van der Waals surface area (Å²) in [5.41, 5.74) is 0.596. The van der Waals surface area contributed by atoms with E-state index in [0.29, 0.717) is 17.1 Å². The smallest absolute Gasteiger partial charge is 0.410 e. The molecule has 30 heavy (non-hydrogen) atoms. The summed E-state index contributed by atoms with van der Waals surface area (Å²) in [5.74, 6) is 0.447. The number of amides is 1. The normalized spacial score (nSPS) is 18.4. The van der Waals surface area contributed by atoms with Gasteiger partial charge in [-0.1, -0.05) is 18.2 Å². The van der Waals surface area contributed by atoms with Crippen molar-refractivity contribution in [2.75, 3.05) is 12.4 Å². The molecule has 1 aliphatic rings. The maximum Gasteiger partial charge on any atom is 0.410 e. The predicted molar refractivity (Wildman–Crippen MR) is 101 cm³/mol. The van der Waals surface area contributed by atoms with E-state index in [4.69, 9.17) is 9.15 Å². The second-order valence-corrected chi connectivity index (χ2v) is 6.85. The minimum absolute atomic E-state index is 0.0106. The van der Waals surface area contributed by atoms with Crippen LogP contribution in [-0.2, 0) is 6.54 Å². The Hall–Kier alpha value is -3.43. The zero-order chi connectivity index (χ0) is 21.3. The Morgan fingerprint density at radius 3 is 2.83 bits per heavy atom. The third-order valence-corrected chi connectivity index (χ3v) is 5.00. The van der Waals surface area contributed by atoms with E-state index >= 15 is 0 Å². The number of rotatable bonds is 5. The number of fused-ring (bicyclic) bond motifs is 1. The second-order valence-electron chi connectivity index (χ2n) is 6.85. The highest BCUT2D eigenvalue weighted by Crippen LogP contribution is 2.45. The van der Waals surface area contributed by atoms with Crippen LogP contribution in [0.2, 0.25) is 0 Å². The number of nitrogens with one attached hydrogen (secondary N) is 2. The van der Waals surface area contributed by atoms with E-state index in [1.165, 1.54) is 13.4 Å². The summed E-state index contributed by atoms with van der Waals surface area (Å²) in [4.78, 5) is 12.6. The second kappa shape index (κ2) is 7.77. The van der Waals surface area contributed by atoms with Crippen molar-refractivity contribution >= 4 is 11.7 Å². The lowest BCUT2D eigenvalue weighted by molar-refractivity contribution is -0.173. The number of carbonyl (C=O) groups is 1. The first-order chi connectivity index (χ1) is 14.4. The Labute approximate surface area is 169 Å². The predicted octanol–water partition coefficient (Wildman–Crippen LogP) is 4.08. The molecule has 0 bridgehead atoms. The number of hydrogen-bond donors (Lipinski definition) is 2. The Bertz CT molecular complexity index is 1030. The lowest BCUT2D eigenvalue weighted by Gasteiger charge is -2.34. The van der Waals surface area contributed by atoms with Crippen molar-refractivity contribution in [2.45, 2.75) is 31.2 Å². The number of para-hydroxylation sites is 1. The van der Waals surface area contributed by atoms with E-state index in [0.717, 1.165) is 10.9 Å². The average Bonchev–Trinajstić information content (AvgIpc) is 3.40. The van der Waals surface area contributed by atoms with Gasteiger partial charge < -0.3 is 19.8 Å². The number of benzene rings is 1. The quantitative estimate of drug-likeness (QED) is 0.650. The number of carbonyl (C=O) groups excluding carboxylic acids is 1. The van der Waals surface area contributed by atoms with Crippen LogP contribution in [-0.4, -0.2) is 29.0 Å². The molecule has 0 radical (unpaired) electrons. The fourth-order valence-corrected chi connectivity index (χ4v) is 3.56. The zero-order valence-electron chi connectivity index (χ0n) is 15.9. The highest BCUT2D eigenvalue weighted by atomic mass is 19.4. The van der Waals surface area contributed by atoms with E-state index in [2.05, 4.69) is 15.7 Å². The molecule has 2 atom stereocenters. The van der Waals surface area contributed by atoms with Crippen molar-refractivity contribution in [3.8, 4) is 5.75 Å². The number of aromatic nitrogens is 2. The SMILES string of the molecule is COc1ccccc1[C@@H]1C[C@H](C(F)(F)F)n2ncc(C(=O)NCc3ccco3)c2N1. The van der Waals surface area contributed by atoms with Gasteiger partial charge in [0.05, 0.1) is 32.2 Å². The fraction of sp³-hybridized carbons (Fsp3) is 0.300. The van der Waals surface area contributed by atoms with Crippen molar-refractivity contribution in [2.24, 2.45) is 0 Å². The summed E-state index contributed by atoms with van der Waals surface area (Å²) in [6.07, 6.45) is -2.21. The molecule has 158 valence electrons. The van der Waals surface area contributed by atoms with Gasteiger partial charge in [0.25, 0.3) is 5.91 Å². The number of ether oxygens (including phenoxy) is 1. The fourth-order valence-electron chi connectivity index (χ4n) is 3.56. The van der Waals surface area contributed by atoms with Gasteiger partial charge in [-0.25, -0.2) is 4.68 Å². The molecule has 7 nitrogen and oxygen atoms in total. The Kier molecular flexibility index (Phi) is 5.15. The summed E-state index contributed by atoms with van der Waals surface area (Å²) >= 11 is 0. The Morgan fingerprint density at radius 1 is 1.33 bits per heavy atom. The molecule has 3 heterocycles. The van der Waals surface area contributed by atoms with Gasteiger partial charge in [0.1, 0.15) is 22.9 Å². The minimum Gasteiger partial charge on any atom is -0.496 e. The van der Waals surface area contributed by atoms with Gasteiger partial charge >= 0.3 is 6.18 Å². The van der Waals surface area contributed by atoms with Crippen molar-refractivity contribution in [1.82, 2.24) is 15.1 Å². The van der Waals surface area contributed by atoms with Crippen LogP contribution in [0.15, 0.2) is 53.3 Å². The average molecular weight is 420 g/mol. The topological polar surface area (TPSA) is 81.3 Å². The summed E-state index contributed by atoms with van der Waals surface area (Å²) in [7, 11) is 1.46. The number of alkyl halides is 3. The lowest BCUT2D eigenvalue weighted by atomic mass is 9.95. The van der Waals surface area contributed by atoms with Crippen LogP contribution < -0.4 is 15.4 Å². The van der Waals surface area contributed by atoms with E-state index in [-0.39, 0.29) is 24.3 Å². The molecule has 0 aliphatic carbocycles. The van der Waals surface area contributed by atoms with E-state index in [1.54, 1.807) is 36.4 Å². The highest BCUT2D eigenvalue weighted by Gasteiger charge is 2.47. The number of hydrogen-bond acceptors (Lipinski definition) is 5. The molecule has 1 aromatic carbocycles. The molecule has 0 fully saturated rings. The molecule has 2 N–H and O–H groups in total. The molecule has 0 unspecified atom stereocenters. The van der Waals surface area contributed by atoms with Gasteiger partial charge in [-0.3, -0.25) is 4.79 Å². The molecular formula is C20H19F3N4O3. The third kappa shape index (κ3) is 3.72. The molecule has 1 amide bonds. The van der Waals surface area contributed by atoms with Crippen LogP contribution >= 0.6 is 0 Å². The van der Waals surface area contributed by atoms with E-state index in [9.17, 15) is 18.0 Å². The summed E-state index contributed by atoms with van der Waals surface area (Å²) < 4.78 is 52.7. The van der Waals surface area contributed by atoms with Crippen molar-refractivity contribution < 1.29 is 27.1 Å². The monoisotopic (exact) mass is 420 g/mol. The largest absolute Gasteiger partial charge is 0.496 e. The van der Waals surface area contributed by atoms with E-state index in [1.807, 2.05) is 0 Å². The zero-order valence-corrected chi connectivity index (χ0v) is 15.9. The van der Waals surface area contributed by atoms with Crippen LogP contribution in [0, 0.1) is 0 Å². The standard InChI is InChI=1S/C20H19F3N4O3/c1-29-16-7-3-2-6-13(16)15-9-17(20(21,22)23)27-18(26-15)14(11-25-27)19(28)24-10-12-5-4-8-30-12/h2-8,11,15,17,26H,9-10H2,1H3,(H,24,28)/t15-,17+/m0/s1. The summed E-state index contributed by atoms with van der Waals surface area (Å²) in [6.45, 7) is 0.106. The van der Waals surface area contributed by atoms with E-state index < -0.39 is 24.2 Å². The number of nitrogens with zero attached hydrogens (tertiary/aromatic N) is 2. The van der Waals surface area contributed by atoms with Crippen LogP contribution in [0.5, 0.6) is 5.75 Å². The molecule has 3 aromatic rings. The highest BCUT2D eigenvalue weighted by molar-refractivity contribution is 5.98. The summed E-state index contributed by atoms with van der Waals surface area (Å²) in [5, 5.41) is 9.55. The lowest BCUT2D eigenvalue weighted by Crippen LogP contribution is -2.36. The van der Waals surface area contributed by atoms with Crippen molar-refractivity contribution in [1.29, 1.82) is 0 Å². The number of anilines is 1. The first-order valence-corrected chi connectivity index (χ1v) is 9.22. The van der Waals surface area contributed by atoms with Crippen molar-refractivity contribution in [3.63, 3.8) is 0 Å². The van der Waals surface area contributed by atoms with Crippen LogP contribution in [0.25, 0.3) is 0 Å². The van der Waals surface area contributed by atoms with Crippen LogP contribution in [0.4, 0.5) is 19.0 Å². The third-order valence-electron chi connectivity index (χ3n) is 5.00. The number of methoxy groups -OCH3 is 1. The van der Waals surface area contributed by atoms with Crippen LogP contribution in [0.3, 0.4) is 0 Å². The first-order valence-electron chi connectivity index (χ1n) is 9.22. The maximum atomic E-state index is 13.8. The maximum absolute atomic E-state index is 13.8. The molecule has 10 heteroatoms. The van der Waals surface area contributed by atoms with Gasteiger partial charge in [-0.05, 0) is 18.2 Å². The molecule has 0 saturated heterocycles. The van der Waals surface area contributed by atoms with Gasteiger partial charge in [0, 0.05) is 12.0 Å². The first kappa shape index (κ1) is 19.9. The molecule has 2 aromatic heterocycles. The number of furan rings is 1. The molecule has 0 spiro atoms. The molecule has 4 rings (SSSR count). The Balaban J connectivity index is 1.67. The van der Waals surface area contributed by atoms with Gasteiger partial charge in [-0.15, -0.1) is 0 Å². The molecule has 0 saturated carbocycles. The van der Waals surface area contributed by atoms with Gasteiger partial charge in [-0.2, -0.15) is 18.3 Å². The molecular weight excluding hydrogens is 401 g/mol. The number of halogens is 3. The Morgan fingerprint density at radius 2 is 2.13 bits per heavy atom. The van der Waals surface area contributed by atoms with Gasteiger partial charge in [0.15, 0.2) is 6.04 Å². The van der Waals surface area contributed by atoms with Gasteiger partial charge in [0.2, 0.25) is 0 Å². The summed E-state index contributed by atoms with van der Waals surface area (Å²) in [6, 6.07) is 7.62.